The molecular weight excluding hydrogens is 314 g/mol. The minimum Gasteiger partial charge on any atom is -0.359 e. The highest BCUT2D eigenvalue weighted by molar-refractivity contribution is 7.11. The predicted molar refractivity (Wildman–Crippen MR) is 89.2 cm³/mol. The Balaban J connectivity index is 1.83. The van der Waals surface area contributed by atoms with Gasteiger partial charge < -0.3 is 16.0 Å². The van der Waals surface area contributed by atoms with E-state index >= 15 is 0 Å². The van der Waals surface area contributed by atoms with E-state index in [0.717, 1.165) is 29.3 Å². The van der Waals surface area contributed by atoms with Gasteiger partial charge in [0, 0.05) is 18.5 Å². The lowest BCUT2D eigenvalue weighted by molar-refractivity contribution is -0.124. The number of nitrogens with zero attached hydrogens (tertiary/aromatic N) is 2. The van der Waals surface area contributed by atoms with Crippen molar-refractivity contribution < 1.29 is 9.59 Å². The second-order valence-corrected chi connectivity index (χ2v) is 7.90. The van der Waals surface area contributed by atoms with Gasteiger partial charge in [0.1, 0.15) is 10.0 Å². The largest absolute Gasteiger partial charge is 0.359 e. The first-order valence-electron chi connectivity index (χ1n) is 7.90. The molecule has 2 atom stereocenters. The molecule has 2 rings (SSSR count). The minimum atomic E-state index is -0.265. The van der Waals surface area contributed by atoms with Gasteiger partial charge in [-0.25, -0.2) is 4.79 Å². The van der Waals surface area contributed by atoms with Crippen molar-refractivity contribution in [2.45, 2.75) is 58.0 Å². The molecule has 0 aliphatic heterocycles. The molecule has 1 aliphatic rings. The zero-order valence-corrected chi connectivity index (χ0v) is 14.9. The molecule has 1 heterocycles. The van der Waals surface area contributed by atoms with Crippen LogP contribution in [0.5, 0.6) is 0 Å². The molecule has 7 nitrogen and oxygen atoms in total. The highest BCUT2D eigenvalue weighted by Crippen LogP contribution is 2.26. The summed E-state index contributed by atoms with van der Waals surface area (Å²) in [5, 5.41) is 18.3. The van der Waals surface area contributed by atoms with Gasteiger partial charge in [0.25, 0.3) is 0 Å². The van der Waals surface area contributed by atoms with Crippen LogP contribution < -0.4 is 16.0 Å². The Kier molecular flexibility index (Phi) is 5.56. The molecular formula is C15H25N5O2S. The van der Waals surface area contributed by atoms with E-state index in [-0.39, 0.29) is 29.3 Å². The molecule has 0 saturated heterocycles. The molecule has 0 spiro atoms. The molecule has 1 aromatic heterocycles. The van der Waals surface area contributed by atoms with Crippen LogP contribution in [0.4, 0.5) is 4.79 Å². The lowest BCUT2D eigenvalue weighted by atomic mass is 9.98. The summed E-state index contributed by atoms with van der Waals surface area (Å²) < 4.78 is 0. The van der Waals surface area contributed by atoms with Crippen molar-refractivity contribution in [1.29, 1.82) is 0 Å². The van der Waals surface area contributed by atoms with Crippen LogP contribution in [-0.4, -0.2) is 35.2 Å². The van der Waals surface area contributed by atoms with Gasteiger partial charge in [-0.3, -0.25) is 4.79 Å². The smallest absolute Gasteiger partial charge is 0.315 e. The quantitative estimate of drug-likeness (QED) is 0.775. The zero-order chi connectivity index (χ0) is 17.0. The van der Waals surface area contributed by atoms with Crippen LogP contribution in [0.15, 0.2) is 0 Å². The fraction of sp³-hybridized carbons (Fsp3) is 0.733. The van der Waals surface area contributed by atoms with Crippen molar-refractivity contribution >= 4 is 23.3 Å². The van der Waals surface area contributed by atoms with Gasteiger partial charge in [0.05, 0.1) is 12.5 Å². The molecule has 1 fully saturated rings. The van der Waals surface area contributed by atoms with Crippen LogP contribution in [0.1, 0.15) is 50.0 Å². The van der Waals surface area contributed by atoms with Crippen molar-refractivity contribution in [1.82, 2.24) is 26.1 Å². The topological polar surface area (TPSA) is 96.0 Å². The maximum absolute atomic E-state index is 12.0. The Labute approximate surface area is 140 Å². The summed E-state index contributed by atoms with van der Waals surface area (Å²) in [6.45, 7) is 6.58. The number of urea groups is 1. The Morgan fingerprint density at radius 2 is 2.00 bits per heavy atom. The first kappa shape index (κ1) is 17.7. The molecule has 1 saturated carbocycles. The summed E-state index contributed by atoms with van der Waals surface area (Å²) in [6, 6.07) is -0.368. The summed E-state index contributed by atoms with van der Waals surface area (Å²) >= 11 is 1.50. The summed E-state index contributed by atoms with van der Waals surface area (Å²) in [6.07, 6.45) is 2.60. The van der Waals surface area contributed by atoms with Crippen molar-refractivity contribution in [3.63, 3.8) is 0 Å². The highest BCUT2D eigenvalue weighted by Gasteiger charge is 2.33. The molecule has 0 aromatic carbocycles. The summed E-state index contributed by atoms with van der Waals surface area (Å²) in [5.41, 5.74) is -0.0389. The van der Waals surface area contributed by atoms with Gasteiger partial charge in [-0.05, 0) is 12.8 Å². The number of rotatable bonds is 4. The molecule has 8 heteroatoms. The van der Waals surface area contributed by atoms with E-state index in [1.807, 2.05) is 0 Å². The van der Waals surface area contributed by atoms with Crippen LogP contribution in [0.25, 0.3) is 0 Å². The third kappa shape index (κ3) is 4.63. The first-order valence-corrected chi connectivity index (χ1v) is 8.71. The molecule has 0 bridgehead atoms. The van der Waals surface area contributed by atoms with Crippen LogP contribution in [0.2, 0.25) is 0 Å². The number of carbonyl (C=O) groups is 2. The van der Waals surface area contributed by atoms with Crippen LogP contribution in [0, 0.1) is 5.92 Å². The number of carbonyl (C=O) groups excluding carboxylic acids is 2. The Bertz CT molecular complexity index is 566. The van der Waals surface area contributed by atoms with Crippen molar-refractivity contribution in [2.24, 2.45) is 5.92 Å². The van der Waals surface area contributed by atoms with Crippen LogP contribution in [0.3, 0.4) is 0 Å². The van der Waals surface area contributed by atoms with Gasteiger partial charge in [0.2, 0.25) is 5.91 Å². The molecule has 0 radical (unpaired) electrons. The normalized spacial score (nSPS) is 21.0. The van der Waals surface area contributed by atoms with Crippen molar-refractivity contribution in [2.75, 3.05) is 7.05 Å². The van der Waals surface area contributed by atoms with E-state index in [9.17, 15) is 9.59 Å². The summed E-state index contributed by atoms with van der Waals surface area (Å²) in [5.74, 6) is -0.147. The average molecular weight is 339 g/mol. The second-order valence-electron chi connectivity index (χ2n) is 6.84. The van der Waals surface area contributed by atoms with Gasteiger partial charge >= 0.3 is 6.03 Å². The van der Waals surface area contributed by atoms with Gasteiger partial charge in [0.15, 0.2) is 0 Å². The Morgan fingerprint density at radius 3 is 2.61 bits per heavy atom. The Hall–Kier alpha value is -1.70. The van der Waals surface area contributed by atoms with E-state index in [1.165, 1.54) is 11.3 Å². The average Bonchev–Trinajstić information content (AvgIpc) is 3.12. The Morgan fingerprint density at radius 1 is 1.26 bits per heavy atom. The fourth-order valence-corrected chi connectivity index (χ4v) is 3.47. The third-order valence-corrected chi connectivity index (χ3v) is 5.27. The minimum absolute atomic E-state index is 0.00765. The van der Waals surface area contributed by atoms with E-state index in [4.69, 9.17) is 0 Å². The lowest BCUT2D eigenvalue weighted by Crippen LogP contribution is -2.46. The zero-order valence-electron chi connectivity index (χ0n) is 14.1. The fourth-order valence-electron chi connectivity index (χ4n) is 2.64. The maximum atomic E-state index is 12.0. The highest BCUT2D eigenvalue weighted by atomic mass is 32.1. The van der Waals surface area contributed by atoms with Gasteiger partial charge in [-0.2, -0.15) is 0 Å². The SMILES string of the molecule is CNC(=O)C1CCCC1NC(=O)NCc1nnc(C(C)(C)C)s1. The molecule has 1 aliphatic carbocycles. The third-order valence-electron chi connectivity index (χ3n) is 3.92. The van der Waals surface area contributed by atoms with Gasteiger partial charge in [-0.15, -0.1) is 10.2 Å². The molecule has 1 aromatic rings. The molecule has 3 amide bonds. The molecule has 128 valence electrons. The standard InChI is InChI=1S/C15H25N5O2S/c1-15(2,3)13-20-19-11(23-13)8-17-14(22)18-10-7-5-6-9(10)12(21)16-4/h9-10H,5-8H2,1-4H3,(H,16,21)(H2,17,18,22). The number of nitrogens with one attached hydrogen (secondary N) is 3. The molecule has 3 N–H and O–H groups in total. The van der Waals surface area contributed by atoms with E-state index in [0.29, 0.717) is 6.54 Å². The van der Waals surface area contributed by atoms with Crippen LogP contribution in [-0.2, 0) is 16.8 Å². The summed E-state index contributed by atoms with van der Waals surface area (Å²) in [4.78, 5) is 23.8. The van der Waals surface area contributed by atoms with Gasteiger partial charge in [-0.1, -0.05) is 38.5 Å². The second kappa shape index (κ2) is 7.25. The first-order chi connectivity index (χ1) is 10.8. The van der Waals surface area contributed by atoms with E-state index < -0.39 is 0 Å². The lowest BCUT2D eigenvalue weighted by Gasteiger charge is -2.19. The molecule has 23 heavy (non-hydrogen) atoms. The van der Waals surface area contributed by atoms with Crippen molar-refractivity contribution in [3.8, 4) is 0 Å². The van der Waals surface area contributed by atoms with E-state index in [2.05, 4.69) is 46.9 Å². The number of hydrogen-bond acceptors (Lipinski definition) is 5. The number of hydrogen-bond donors (Lipinski definition) is 3. The molecule has 2 unspecified atom stereocenters. The number of amides is 3. The monoisotopic (exact) mass is 339 g/mol. The van der Waals surface area contributed by atoms with E-state index in [1.54, 1.807) is 7.05 Å². The van der Waals surface area contributed by atoms with Crippen molar-refractivity contribution in [3.05, 3.63) is 10.0 Å². The maximum Gasteiger partial charge on any atom is 0.315 e. The summed E-state index contributed by atoms with van der Waals surface area (Å²) in [7, 11) is 1.63. The van der Waals surface area contributed by atoms with Crippen LogP contribution >= 0.6 is 11.3 Å². The number of aromatic nitrogens is 2. The predicted octanol–water partition coefficient (Wildman–Crippen LogP) is 1.55.